The molecule has 40 valence electrons. The van der Waals surface area contributed by atoms with E-state index >= 15 is 0 Å². The maximum absolute atomic E-state index is 0. The minimum atomic E-state index is 0. The normalized spacial score (nSPS) is 0. The van der Waals surface area contributed by atoms with E-state index in [1.54, 1.807) is 0 Å². The van der Waals surface area contributed by atoms with Crippen molar-refractivity contribution in [1.82, 2.24) is 0 Å². The summed E-state index contributed by atoms with van der Waals surface area (Å²) >= 11 is 0. The molecule has 0 aliphatic heterocycles. The molecule has 0 saturated carbocycles. The zero-order chi connectivity index (χ0) is 0. The molecule has 5 nitrogen and oxygen atoms in total. The Hall–Kier alpha value is 0.722. The molecule has 0 heterocycles. The van der Waals surface area contributed by atoms with E-state index in [2.05, 4.69) is 0 Å². The van der Waals surface area contributed by atoms with Crippen molar-refractivity contribution in [2.45, 2.75) is 0 Å². The first-order chi connectivity index (χ1) is 0. The van der Waals surface area contributed by atoms with Gasteiger partial charge in [0.15, 0.2) is 0 Å². The predicted octanol–water partition coefficient (Wildman–Crippen LogP) is -4.13. The van der Waals surface area contributed by atoms with Crippen LogP contribution in [0.25, 0.3) is 0 Å². The fourth-order valence-corrected chi connectivity index (χ4v) is 0. The van der Waals surface area contributed by atoms with Crippen molar-refractivity contribution < 1.29 is 54.7 Å². The van der Waals surface area contributed by atoms with Gasteiger partial charge in [-0.2, -0.15) is 0 Å². The van der Waals surface area contributed by atoms with Gasteiger partial charge in [-0.1, -0.05) is 0 Å². The van der Waals surface area contributed by atoms with Gasteiger partial charge in [-0.05, 0) is 0 Å². The second-order valence-corrected chi connectivity index (χ2v) is 0. The van der Waals surface area contributed by atoms with Gasteiger partial charge < -0.3 is 27.4 Å². The molecule has 0 aromatic heterocycles. The van der Waals surface area contributed by atoms with Crippen LogP contribution in [0.5, 0.6) is 0 Å². The molecule has 0 aliphatic carbocycles. The van der Waals surface area contributed by atoms with Crippen molar-refractivity contribution in [3.05, 3.63) is 0 Å². The smallest absolute Gasteiger partial charge is 0.412 e. The molecule has 0 spiro atoms. The topological polar surface area (TPSA) is 158 Å². The van der Waals surface area contributed by atoms with Crippen molar-refractivity contribution >= 4 is 0 Å². The third-order valence-electron chi connectivity index (χ3n) is 0. The van der Waals surface area contributed by atoms with Crippen LogP contribution in [0.3, 0.4) is 0 Å². The van der Waals surface area contributed by atoms with Crippen LogP contribution < -0.4 is 0 Å². The number of rotatable bonds is 0. The Balaban J connectivity index is 0. The first-order valence-corrected chi connectivity index (χ1v) is 0. The third kappa shape index (κ3) is 125. The summed E-state index contributed by atoms with van der Waals surface area (Å²) in [6.45, 7) is 0. The van der Waals surface area contributed by atoms with Crippen LogP contribution in [0.4, 0.5) is 0 Å². The van der Waals surface area contributed by atoms with E-state index in [0.29, 0.717) is 0 Å². The Morgan fingerprint density at radius 3 is 0.333 bits per heavy atom. The fourth-order valence-electron chi connectivity index (χ4n) is 0. The monoisotopic (exact) mass is 204 g/mol. The van der Waals surface area contributed by atoms with Crippen LogP contribution >= 0.6 is 0 Å². The first kappa shape index (κ1) is 422. The summed E-state index contributed by atoms with van der Waals surface area (Å²) in [5, 5.41) is 0. The summed E-state index contributed by atoms with van der Waals surface area (Å²) in [5.41, 5.74) is 0. The van der Waals surface area contributed by atoms with Crippen molar-refractivity contribution in [3.63, 3.8) is 0 Å². The minimum Gasteiger partial charge on any atom is -0.412 e. The second-order valence-electron chi connectivity index (χ2n) is 0. The van der Waals surface area contributed by atoms with E-state index in [9.17, 15) is 0 Å². The SMILES string of the molecule is O.O.O.O.O.[Cd+2]. The summed E-state index contributed by atoms with van der Waals surface area (Å²) in [6, 6.07) is 0. The van der Waals surface area contributed by atoms with Crippen molar-refractivity contribution in [2.24, 2.45) is 0 Å². The number of hydrogen-bond donors (Lipinski definition) is 0. The summed E-state index contributed by atoms with van der Waals surface area (Å²) < 4.78 is 0. The molecular weight excluding hydrogens is 192 g/mol. The second kappa shape index (κ2) is 245. The Bertz CT molecular complexity index is 3.90. The molecule has 0 atom stereocenters. The summed E-state index contributed by atoms with van der Waals surface area (Å²) in [6.07, 6.45) is 0. The van der Waals surface area contributed by atoms with E-state index in [0.717, 1.165) is 0 Å². The summed E-state index contributed by atoms with van der Waals surface area (Å²) in [4.78, 5) is 0. The largest absolute Gasteiger partial charge is 2.00 e. The van der Waals surface area contributed by atoms with Gasteiger partial charge in [-0.15, -0.1) is 0 Å². The molecule has 0 unspecified atom stereocenters. The molecule has 6 heavy (non-hydrogen) atoms. The summed E-state index contributed by atoms with van der Waals surface area (Å²) in [5.74, 6) is 0. The Kier molecular flexibility index (Phi) is 17200. The van der Waals surface area contributed by atoms with Crippen LogP contribution in [0, 0.1) is 0 Å². The van der Waals surface area contributed by atoms with Crippen LogP contribution in [-0.4, -0.2) is 27.4 Å². The Labute approximate surface area is 55.1 Å². The molecule has 0 saturated heterocycles. The van der Waals surface area contributed by atoms with Crippen LogP contribution in [-0.2, 0) is 27.3 Å². The maximum Gasteiger partial charge on any atom is 2.00 e. The van der Waals surface area contributed by atoms with Crippen molar-refractivity contribution in [1.29, 1.82) is 0 Å². The summed E-state index contributed by atoms with van der Waals surface area (Å²) in [7, 11) is 0. The zero-order valence-corrected chi connectivity index (χ0v) is 7.24. The standard InChI is InChI=1S/Cd.5H2O/h;5*1H2/q+2;;;;;. The quantitative estimate of drug-likeness (QED) is 0.350. The molecule has 0 amide bonds. The van der Waals surface area contributed by atoms with E-state index in [4.69, 9.17) is 0 Å². The molecule has 0 bridgehead atoms. The van der Waals surface area contributed by atoms with Gasteiger partial charge in [-0.3, -0.25) is 0 Å². The average Bonchev–Trinajstić information content (AvgIpc) is 0. The van der Waals surface area contributed by atoms with Gasteiger partial charge in [0, 0.05) is 0 Å². The van der Waals surface area contributed by atoms with Gasteiger partial charge in [0.1, 0.15) is 0 Å². The van der Waals surface area contributed by atoms with Crippen LogP contribution in [0.2, 0.25) is 0 Å². The zero-order valence-electron chi connectivity index (χ0n) is 3.21. The Morgan fingerprint density at radius 2 is 0.333 bits per heavy atom. The number of hydrogen-bond acceptors (Lipinski definition) is 0. The van der Waals surface area contributed by atoms with Crippen LogP contribution in [0.15, 0.2) is 0 Å². The van der Waals surface area contributed by atoms with Gasteiger partial charge in [-0.25, -0.2) is 0 Å². The molecule has 0 aromatic rings. The van der Waals surface area contributed by atoms with Gasteiger partial charge in [0.05, 0.1) is 0 Å². The van der Waals surface area contributed by atoms with E-state index in [1.165, 1.54) is 0 Å². The van der Waals surface area contributed by atoms with E-state index in [-0.39, 0.29) is 54.7 Å². The average molecular weight is 202 g/mol. The minimum absolute atomic E-state index is 0. The van der Waals surface area contributed by atoms with Crippen molar-refractivity contribution in [2.75, 3.05) is 0 Å². The fraction of sp³-hybridized carbons (Fsp3) is 0. The molecule has 10 N–H and O–H groups in total. The van der Waals surface area contributed by atoms with Crippen molar-refractivity contribution in [3.8, 4) is 0 Å². The molecule has 0 fully saturated rings. The Morgan fingerprint density at radius 1 is 0.333 bits per heavy atom. The van der Waals surface area contributed by atoms with Gasteiger partial charge >= 0.3 is 27.3 Å². The van der Waals surface area contributed by atoms with Crippen LogP contribution in [0.1, 0.15) is 0 Å². The molecule has 0 radical (unpaired) electrons. The van der Waals surface area contributed by atoms with E-state index in [1.807, 2.05) is 0 Å². The molecule has 6 heteroatoms. The predicted molar refractivity (Wildman–Crippen MR) is 18.1 cm³/mol. The van der Waals surface area contributed by atoms with Gasteiger partial charge in [0.2, 0.25) is 0 Å². The van der Waals surface area contributed by atoms with Gasteiger partial charge in [0.25, 0.3) is 0 Å². The third-order valence-corrected chi connectivity index (χ3v) is 0. The molecule has 0 aromatic carbocycles. The maximum atomic E-state index is 0. The molecule has 0 aliphatic rings. The molecular formula is H10CdO5+2. The first-order valence-electron chi connectivity index (χ1n) is 0. The van der Waals surface area contributed by atoms with E-state index < -0.39 is 0 Å². The molecule has 0 rings (SSSR count).